The Labute approximate surface area is 89.9 Å². The van der Waals surface area contributed by atoms with Gasteiger partial charge in [-0.3, -0.25) is 0 Å². The molecule has 0 aromatic rings. The molecule has 15 heavy (non-hydrogen) atoms. The highest BCUT2D eigenvalue weighted by Gasteiger charge is 2.39. The van der Waals surface area contributed by atoms with E-state index in [0.717, 1.165) is 4.90 Å². The molecule has 0 heterocycles. The molecule has 4 atom stereocenters. The molecule has 0 saturated heterocycles. The number of hydrogen-bond donors (Lipinski definition) is 5. The van der Waals surface area contributed by atoms with Gasteiger partial charge in [0.05, 0.1) is 12.1 Å². The molecule has 0 rings (SSSR count). The number of nitrogens with two attached hydrogens (primary N) is 1. The first kappa shape index (κ1) is 14.8. The fourth-order valence-electron chi connectivity index (χ4n) is 1.39. The summed E-state index contributed by atoms with van der Waals surface area (Å²) >= 11 is 0. The highest BCUT2D eigenvalue weighted by molar-refractivity contribution is 4.90. The van der Waals surface area contributed by atoms with Crippen LogP contribution in [0.5, 0.6) is 0 Å². The third-order valence-corrected chi connectivity index (χ3v) is 2.61. The van der Waals surface area contributed by atoms with Gasteiger partial charge in [0.2, 0.25) is 0 Å². The van der Waals surface area contributed by atoms with Crippen LogP contribution >= 0.6 is 0 Å². The highest BCUT2D eigenvalue weighted by atomic mass is 16.4. The molecular weight excluding hydrogens is 200 g/mol. The van der Waals surface area contributed by atoms with Crippen molar-refractivity contribution in [1.82, 2.24) is 4.90 Å². The van der Waals surface area contributed by atoms with E-state index in [0.29, 0.717) is 6.42 Å². The van der Waals surface area contributed by atoms with E-state index in [9.17, 15) is 15.3 Å². The summed E-state index contributed by atoms with van der Waals surface area (Å²) in [6, 6.07) is 0. The SMILES string of the molecule is CCC(N)(CO)C(O)N(C(C)O)C(C)O. The Morgan fingerprint density at radius 1 is 1.20 bits per heavy atom. The van der Waals surface area contributed by atoms with Crippen molar-refractivity contribution >= 4 is 0 Å². The first-order valence-electron chi connectivity index (χ1n) is 5.01. The quantitative estimate of drug-likeness (QED) is 0.346. The molecule has 0 bridgehead atoms. The summed E-state index contributed by atoms with van der Waals surface area (Å²) in [6.07, 6.45) is -3.10. The van der Waals surface area contributed by atoms with Gasteiger partial charge in [0, 0.05) is 0 Å². The van der Waals surface area contributed by atoms with E-state index in [1.165, 1.54) is 13.8 Å². The van der Waals surface area contributed by atoms with Gasteiger partial charge >= 0.3 is 0 Å². The maximum absolute atomic E-state index is 9.89. The molecule has 0 aliphatic carbocycles. The minimum Gasteiger partial charge on any atom is -0.394 e. The van der Waals surface area contributed by atoms with Crippen molar-refractivity contribution in [3.8, 4) is 0 Å². The average molecular weight is 222 g/mol. The van der Waals surface area contributed by atoms with Crippen LogP contribution in [0.25, 0.3) is 0 Å². The molecule has 6 N–H and O–H groups in total. The van der Waals surface area contributed by atoms with Crippen LogP contribution in [0.2, 0.25) is 0 Å². The second-order valence-electron chi connectivity index (χ2n) is 3.83. The van der Waals surface area contributed by atoms with Gasteiger partial charge in [0.1, 0.15) is 18.7 Å². The van der Waals surface area contributed by atoms with Gasteiger partial charge in [0.25, 0.3) is 0 Å². The topological polar surface area (TPSA) is 110 Å². The van der Waals surface area contributed by atoms with Gasteiger partial charge in [-0.15, -0.1) is 0 Å². The van der Waals surface area contributed by atoms with Crippen LogP contribution in [0.1, 0.15) is 27.2 Å². The van der Waals surface area contributed by atoms with Crippen LogP contribution in [0.4, 0.5) is 0 Å². The molecule has 6 heteroatoms. The number of rotatable bonds is 6. The summed E-state index contributed by atoms with van der Waals surface area (Å²) in [5, 5.41) is 37.7. The van der Waals surface area contributed by atoms with E-state index >= 15 is 0 Å². The van der Waals surface area contributed by atoms with E-state index in [1.807, 2.05) is 0 Å². The van der Waals surface area contributed by atoms with Gasteiger partial charge in [-0.05, 0) is 20.3 Å². The minimum atomic E-state index is -1.31. The zero-order chi connectivity index (χ0) is 12.2. The van der Waals surface area contributed by atoms with Crippen LogP contribution in [-0.2, 0) is 0 Å². The predicted octanol–water partition coefficient (Wildman–Crippen LogP) is -1.62. The lowest BCUT2D eigenvalue weighted by molar-refractivity contribution is -0.193. The van der Waals surface area contributed by atoms with Crippen molar-refractivity contribution in [3.63, 3.8) is 0 Å². The summed E-state index contributed by atoms with van der Waals surface area (Å²) in [5.74, 6) is 0. The molecule has 92 valence electrons. The molecular formula is C9H22N2O4. The lowest BCUT2D eigenvalue weighted by Crippen LogP contribution is -2.64. The van der Waals surface area contributed by atoms with E-state index in [4.69, 9.17) is 10.8 Å². The third kappa shape index (κ3) is 3.37. The fourth-order valence-corrected chi connectivity index (χ4v) is 1.39. The van der Waals surface area contributed by atoms with E-state index in [2.05, 4.69) is 0 Å². The second-order valence-corrected chi connectivity index (χ2v) is 3.83. The number of nitrogens with zero attached hydrogens (tertiary/aromatic N) is 1. The van der Waals surface area contributed by atoms with Crippen LogP contribution in [-0.4, -0.2) is 56.2 Å². The van der Waals surface area contributed by atoms with Crippen LogP contribution in [0.15, 0.2) is 0 Å². The Bertz CT molecular complexity index is 175. The van der Waals surface area contributed by atoms with Crippen molar-refractivity contribution in [2.75, 3.05) is 6.61 Å². The molecule has 0 spiro atoms. The zero-order valence-electron chi connectivity index (χ0n) is 9.46. The van der Waals surface area contributed by atoms with Crippen LogP contribution in [0, 0.1) is 0 Å². The predicted molar refractivity (Wildman–Crippen MR) is 55.5 cm³/mol. The van der Waals surface area contributed by atoms with E-state index in [1.54, 1.807) is 6.92 Å². The van der Waals surface area contributed by atoms with Gasteiger partial charge in [0.15, 0.2) is 0 Å². The molecule has 0 radical (unpaired) electrons. The van der Waals surface area contributed by atoms with Crippen molar-refractivity contribution in [1.29, 1.82) is 0 Å². The summed E-state index contributed by atoms with van der Waals surface area (Å²) in [5.41, 5.74) is 4.50. The number of aliphatic hydroxyl groups excluding tert-OH is 4. The number of hydrogen-bond acceptors (Lipinski definition) is 6. The maximum Gasteiger partial charge on any atom is 0.131 e. The molecule has 0 fully saturated rings. The van der Waals surface area contributed by atoms with Crippen molar-refractivity contribution in [2.24, 2.45) is 5.73 Å². The molecule has 0 aromatic carbocycles. The second kappa shape index (κ2) is 5.74. The molecule has 0 aliphatic rings. The first-order valence-corrected chi connectivity index (χ1v) is 5.01. The highest BCUT2D eigenvalue weighted by Crippen LogP contribution is 2.18. The monoisotopic (exact) mass is 222 g/mol. The summed E-state index contributed by atoms with van der Waals surface area (Å²) in [4.78, 5) is 1.03. The Hall–Kier alpha value is -0.240. The molecule has 0 aliphatic heterocycles. The van der Waals surface area contributed by atoms with Crippen molar-refractivity contribution < 1.29 is 20.4 Å². The average Bonchev–Trinajstić information content (AvgIpc) is 2.15. The van der Waals surface area contributed by atoms with Gasteiger partial charge < -0.3 is 26.2 Å². The Kier molecular flexibility index (Phi) is 5.65. The van der Waals surface area contributed by atoms with E-state index < -0.39 is 30.8 Å². The van der Waals surface area contributed by atoms with E-state index in [-0.39, 0.29) is 0 Å². The standard InChI is InChI=1S/C9H22N2O4/c1-4-9(10,5-12)8(15)11(6(2)13)7(3)14/h6-8,12-15H,4-5,10H2,1-3H3. The zero-order valence-corrected chi connectivity index (χ0v) is 9.46. The van der Waals surface area contributed by atoms with Gasteiger partial charge in [-0.25, -0.2) is 4.90 Å². The third-order valence-electron chi connectivity index (χ3n) is 2.61. The summed E-state index contributed by atoms with van der Waals surface area (Å²) < 4.78 is 0. The fraction of sp³-hybridized carbons (Fsp3) is 1.00. The molecule has 0 aromatic heterocycles. The van der Waals surface area contributed by atoms with Gasteiger partial charge in [-0.1, -0.05) is 6.92 Å². The lowest BCUT2D eigenvalue weighted by atomic mass is 9.95. The maximum atomic E-state index is 9.89. The molecule has 4 unspecified atom stereocenters. The Morgan fingerprint density at radius 2 is 1.60 bits per heavy atom. The normalized spacial score (nSPS) is 22.2. The lowest BCUT2D eigenvalue weighted by Gasteiger charge is -2.41. The minimum absolute atomic E-state index is 0.320. The summed E-state index contributed by atoms with van der Waals surface area (Å²) in [7, 11) is 0. The van der Waals surface area contributed by atoms with Crippen molar-refractivity contribution in [3.05, 3.63) is 0 Å². The van der Waals surface area contributed by atoms with Crippen LogP contribution < -0.4 is 5.73 Å². The Morgan fingerprint density at radius 3 is 1.80 bits per heavy atom. The first-order chi connectivity index (χ1) is 6.80. The van der Waals surface area contributed by atoms with Crippen LogP contribution in [0.3, 0.4) is 0 Å². The molecule has 6 nitrogen and oxygen atoms in total. The Balaban J connectivity index is 4.83. The molecule has 0 amide bonds. The van der Waals surface area contributed by atoms with Crippen molar-refractivity contribution in [2.45, 2.75) is 51.4 Å². The molecule has 0 saturated carbocycles. The van der Waals surface area contributed by atoms with Gasteiger partial charge in [-0.2, -0.15) is 0 Å². The summed E-state index contributed by atoms with van der Waals surface area (Å²) in [6.45, 7) is 4.09. The number of aliphatic hydroxyl groups is 4. The smallest absolute Gasteiger partial charge is 0.131 e. The largest absolute Gasteiger partial charge is 0.394 e.